The Bertz CT molecular complexity index is 650. The first-order valence-corrected chi connectivity index (χ1v) is 11.0. The Morgan fingerprint density at radius 2 is 1.28 bits per heavy atom. The summed E-state index contributed by atoms with van der Waals surface area (Å²) in [6.07, 6.45) is 9.28. The summed E-state index contributed by atoms with van der Waals surface area (Å²) in [6, 6.07) is 0. The normalized spacial score (nSPS) is 11.7. The standard InChI is InChI=1S/C20H26O2S3/c1-5-9-21-11-7-17-15(3)13-23-19(17)25-20-18(16(4)14-24-20)8-12-22-10-6-2/h5-6,9-10,13-14H,7-8,11-12H2,1-4H3. The van der Waals surface area contributed by atoms with Crippen LogP contribution < -0.4 is 0 Å². The van der Waals surface area contributed by atoms with E-state index in [-0.39, 0.29) is 0 Å². The molecule has 0 atom stereocenters. The van der Waals surface area contributed by atoms with Crippen LogP contribution in [-0.4, -0.2) is 13.2 Å². The van der Waals surface area contributed by atoms with Gasteiger partial charge in [-0.1, -0.05) is 23.9 Å². The largest absolute Gasteiger partial charge is 0.501 e. The summed E-state index contributed by atoms with van der Waals surface area (Å²) in [5.74, 6) is 0. The van der Waals surface area contributed by atoms with E-state index < -0.39 is 0 Å². The Morgan fingerprint density at radius 3 is 1.68 bits per heavy atom. The fourth-order valence-corrected chi connectivity index (χ4v) is 6.33. The summed E-state index contributed by atoms with van der Waals surface area (Å²) in [7, 11) is 0. The van der Waals surface area contributed by atoms with Gasteiger partial charge in [-0.3, -0.25) is 0 Å². The van der Waals surface area contributed by atoms with E-state index in [2.05, 4.69) is 24.6 Å². The highest BCUT2D eigenvalue weighted by Crippen LogP contribution is 2.42. The number of hydrogen-bond donors (Lipinski definition) is 0. The Balaban J connectivity index is 2.07. The maximum Gasteiger partial charge on any atom is 0.0914 e. The number of rotatable bonds is 10. The second-order valence-electron chi connectivity index (χ2n) is 5.65. The van der Waals surface area contributed by atoms with Gasteiger partial charge in [-0.05, 0) is 60.7 Å². The van der Waals surface area contributed by atoms with Crippen LogP contribution in [0.5, 0.6) is 0 Å². The SMILES string of the molecule is CC=COCCc1c(C)csc1Sc1scc(C)c1CCOC=CC. The zero-order chi connectivity index (χ0) is 18.1. The Morgan fingerprint density at radius 1 is 0.840 bits per heavy atom. The summed E-state index contributed by atoms with van der Waals surface area (Å²) >= 11 is 5.58. The van der Waals surface area contributed by atoms with E-state index in [0.717, 1.165) is 26.1 Å². The van der Waals surface area contributed by atoms with Crippen molar-refractivity contribution in [2.75, 3.05) is 13.2 Å². The zero-order valence-corrected chi connectivity index (χ0v) is 17.8. The summed E-state index contributed by atoms with van der Waals surface area (Å²) in [6.45, 7) is 9.77. The molecule has 0 radical (unpaired) electrons. The van der Waals surface area contributed by atoms with Gasteiger partial charge in [0.05, 0.1) is 34.2 Å². The van der Waals surface area contributed by atoms with Gasteiger partial charge in [0.25, 0.3) is 0 Å². The van der Waals surface area contributed by atoms with Crippen molar-refractivity contribution in [1.29, 1.82) is 0 Å². The van der Waals surface area contributed by atoms with E-state index in [9.17, 15) is 0 Å². The van der Waals surface area contributed by atoms with Crippen LogP contribution in [0.4, 0.5) is 0 Å². The lowest BCUT2D eigenvalue weighted by Crippen LogP contribution is -1.97. The predicted octanol–water partition coefficient (Wildman–Crippen LogP) is 6.76. The average Bonchev–Trinajstić information content (AvgIpc) is 3.13. The van der Waals surface area contributed by atoms with Crippen LogP contribution in [0.3, 0.4) is 0 Å². The van der Waals surface area contributed by atoms with E-state index in [0.29, 0.717) is 0 Å². The molecule has 0 aromatic carbocycles. The molecule has 0 unspecified atom stereocenters. The van der Waals surface area contributed by atoms with Gasteiger partial charge in [-0.25, -0.2) is 0 Å². The van der Waals surface area contributed by atoms with Gasteiger partial charge in [-0.2, -0.15) is 0 Å². The summed E-state index contributed by atoms with van der Waals surface area (Å²) in [5.41, 5.74) is 5.56. The van der Waals surface area contributed by atoms with Gasteiger partial charge < -0.3 is 9.47 Å². The van der Waals surface area contributed by atoms with Crippen LogP contribution in [0.25, 0.3) is 0 Å². The molecule has 2 heterocycles. The molecule has 0 N–H and O–H groups in total. The van der Waals surface area contributed by atoms with Crippen molar-refractivity contribution >= 4 is 34.4 Å². The van der Waals surface area contributed by atoms with Crippen LogP contribution in [0.1, 0.15) is 36.1 Å². The number of ether oxygens (including phenoxy) is 2. The Kier molecular flexibility index (Phi) is 8.65. The number of aryl methyl sites for hydroxylation is 2. The Labute approximate surface area is 163 Å². The predicted molar refractivity (Wildman–Crippen MR) is 111 cm³/mol. The molecule has 136 valence electrons. The molecule has 0 amide bonds. The molecule has 0 aliphatic carbocycles. The highest BCUT2D eigenvalue weighted by molar-refractivity contribution is 8.03. The van der Waals surface area contributed by atoms with Crippen molar-refractivity contribution < 1.29 is 9.47 Å². The molecule has 0 saturated carbocycles. The van der Waals surface area contributed by atoms with Gasteiger partial charge >= 0.3 is 0 Å². The maximum absolute atomic E-state index is 5.51. The second kappa shape index (κ2) is 10.7. The lowest BCUT2D eigenvalue weighted by Gasteiger charge is -2.08. The van der Waals surface area contributed by atoms with Crippen LogP contribution in [0.2, 0.25) is 0 Å². The fraction of sp³-hybridized carbons (Fsp3) is 0.400. The third-order valence-electron chi connectivity index (χ3n) is 3.72. The second-order valence-corrected chi connectivity index (χ2v) is 8.95. The molecule has 0 saturated heterocycles. The highest BCUT2D eigenvalue weighted by atomic mass is 32.2. The van der Waals surface area contributed by atoms with Crippen LogP contribution in [-0.2, 0) is 22.3 Å². The highest BCUT2D eigenvalue weighted by Gasteiger charge is 2.15. The minimum Gasteiger partial charge on any atom is -0.501 e. The minimum absolute atomic E-state index is 0.725. The smallest absolute Gasteiger partial charge is 0.0914 e. The molecule has 0 aliphatic heterocycles. The van der Waals surface area contributed by atoms with Gasteiger partial charge in [0, 0.05) is 12.8 Å². The third-order valence-corrected chi connectivity index (χ3v) is 7.52. The quantitative estimate of drug-likeness (QED) is 0.327. The maximum atomic E-state index is 5.51. The molecule has 2 aromatic rings. The number of thiophene rings is 2. The van der Waals surface area contributed by atoms with E-state index in [1.807, 2.05) is 60.4 Å². The first kappa shape index (κ1) is 20.1. The van der Waals surface area contributed by atoms with Crippen LogP contribution in [0.15, 0.2) is 43.9 Å². The molecule has 5 heteroatoms. The molecule has 25 heavy (non-hydrogen) atoms. The molecule has 2 nitrogen and oxygen atoms in total. The third kappa shape index (κ3) is 5.94. The molecular formula is C20H26O2S3. The van der Waals surface area contributed by atoms with Crippen LogP contribution >= 0.6 is 34.4 Å². The molecule has 0 fully saturated rings. The molecule has 2 rings (SSSR count). The van der Waals surface area contributed by atoms with Gasteiger partial charge in [-0.15, -0.1) is 22.7 Å². The lowest BCUT2D eigenvalue weighted by molar-refractivity contribution is 0.252. The topological polar surface area (TPSA) is 18.5 Å². The first-order valence-electron chi connectivity index (χ1n) is 8.44. The number of allylic oxidation sites excluding steroid dienone is 2. The average molecular weight is 395 g/mol. The van der Waals surface area contributed by atoms with E-state index >= 15 is 0 Å². The Hall–Kier alpha value is -1.17. The monoisotopic (exact) mass is 394 g/mol. The van der Waals surface area contributed by atoms with Crippen molar-refractivity contribution in [3.05, 3.63) is 57.7 Å². The van der Waals surface area contributed by atoms with E-state index in [1.165, 1.54) is 30.7 Å². The molecule has 0 aliphatic rings. The molecular weight excluding hydrogens is 368 g/mol. The first-order chi connectivity index (χ1) is 12.2. The van der Waals surface area contributed by atoms with Crippen LogP contribution in [0, 0.1) is 13.8 Å². The van der Waals surface area contributed by atoms with Crippen molar-refractivity contribution in [2.24, 2.45) is 0 Å². The summed E-state index contributed by atoms with van der Waals surface area (Å²) in [4.78, 5) is 0. The zero-order valence-electron chi connectivity index (χ0n) is 15.3. The lowest BCUT2D eigenvalue weighted by atomic mass is 10.2. The van der Waals surface area contributed by atoms with Crippen molar-refractivity contribution in [3.63, 3.8) is 0 Å². The van der Waals surface area contributed by atoms with E-state index in [4.69, 9.17) is 9.47 Å². The molecule has 0 spiro atoms. The van der Waals surface area contributed by atoms with Gasteiger partial charge in [0.15, 0.2) is 0 Å². The van der Waals surface area contributed by atoms with E-state index in [1.54, 1.807) is 12.5 Å². The molecule has 0 bridgehead atoms. The fourth-order valence-electron chi connectivity index (χ4n) is 2.39. The van der Waals surface area contributed by atoms with Crippen molar-refractivity contribution in [2.45, 2.75) is 49.0 Å². The summed E-state index contributed by atoms with van der Waals surface area (Å²) in [5, 5.41) is 4.51. The van der Waals surface area contributed by atoms with Crippen molar-refractivity contribution in [3.8, 4) is 0 Å². The number of hydrogen-bond acceptors (Lipinski definition) is 5. The molecule has 2 aromatic heterocycles. The summed E-state index contributed by atoms with van der Waals surface area (Å²) < 4.78 is 13.8. The van der Waals surface area contributed by atoms with Gasteiger partial charge in [0.1, 0.15) is 0 Å². The van der Waals surface area contributed by atoms with Gasteiger partial charge in [0.2, 0.25) is 0 Å². The minimum atomic E-state index is 0.725. The van der Waals surface area contributed by atoms with Crippen molar-refractivity contribution in [1.82, 2.24) is 0 Å².